The van der Waals surface area contributed by atoms with Gasteiger partial charge in [-0.2, -0.15) is 0 Å². The Bertz CT molecular complexity index is 749. The van der Waals surface area contributed by atoms with Gasteiger partial charge in [0.1, 0.15) is 0 Å². The Hall–Kier alpha value is -1.84. The second kappa shape index (κ2) is 7.59. The number of carboxylic acids is 1. The molecular weight excluding hydrogens is 334 g/mol. The number of halogens is 1. The number of rotatable bonds is 4. The Morgan fingerprint density at radius 3 is 2.32 bits per heavy atom. The van der Waals surface area contributed by atoms with Gasteiger partial charge in [0.05, 0.1) is 12.0 Å². The minimum atomic E-state index is -0.672. The lowest BCUT2D eigenvalue weighted by Gasteiger charge is -2.37. The van der Waals surface area contributed by atoms with Crippen molar-refractivity contribution in [1.29, 1.82) is 0 Å². The molecular formula is C21H24ClNO2. The molecule has 0 radical (unpaired) electrons. The first-order valence-corrected chi connectivity index (χ1v) is 9.13. The molecule has 1 aliphatic rings. The van der Waals surface area contributed by atoms with Crippen molar-refractivity contribution in [3.63, 3.8) is 0 Å². The molecule has 1 N–H and O–H groups in total. The van der Waals surface area contributed by atoms with Crippen molar-refractivity contribution in [2.24, 2.45) is 5.92 Å². The lowest BCUT2D eigenvalue weighted by molar-refractivity contribution is -0.143. The van der Waals surface area contributed by atoms with Gasteiger partial charge >= 0.3 is 5.97 Å². The van der Waals surface area contributed by atoms with E-state index in [-0.39, 0.29) is 12.0 Å². The van der Waals surface area contributed by atoms with E-state index < -0.39 is 5.97 Å². The fourth-order valence-corrected chi connectivity index (χ4v) is 3.90. The highest BCUT2D eigenvalue weighted by molar-refractivity contribution is 6.30. The lowest BCUT2D eigenvalue weighted by Crippen LogP contribution is -2.39. The largest absolute Gasteiger partial charge is 0.481 e. The van der Waals surface area contributed by atoms with Crippen LogP contribution in [-0.4, -0.2) is 29.1 Å². The van der Waals surface area contributed by atoms with Crippen LogP contribution >= 0.6 is 11.6 Å². The van der Waals surface area contributed by atoms with Gasteiger partial charge in [-0.1, -0.05) is 47.5 Å². The number of hydrogen-bond acceptors (Lipinski definition) is 2. The van der Waals surface area contributed by atoms with Crippen molar-refractivity contribution in [3.8, 4) is 0 Å². The standard InChI is InChI=1S/C21H24ClNO2/c1-14-3-8-19(15(2)13-14)20(16-4-6-18(22)7-5-16)23-11-9-17(10-12-23)21(24)25/h3-8,13,17,20H,9-12H2,1-2H3,(H,24,25). The van der Waals surface area contributed by atoms with Crippen molar-refractivity contribution in [2.75, 3.05) is 13.1 Å². The third-order valence-electron chi connectivity index (χ3n) is 5.15. The average Bonchev–Trinajstić information content (AvgIpc) is 2.59. The molecule has 2 aromatic rings. The predicted octanol–water partition coefficient (Wildman–Crippen LogP) is 4.84. The molecule has 132 valence electrons. The molecule has 0 bridgehead atoms. The Kier molecular flexibility index (Phi) is 5.45. The van der Waals surface area contributed by atoms with E-state index in [1.165, 1.54) is 22.3 Å². The summed E-state index contributed by atoms with van der Waals surface area (Å²) in [7, 11) is 0. The van der Waals surface area contributed by atoms with Crippen LogP contribution in [0.2, 0.25) is 5.02 Å². The first kappa shape index (κ1) is 18.0. The van der Waals surface area contributed by atoms with E-state index in [0.29, 0.717) is 12.8 Å². The number of aryl methyl sites for hydroxylation is 2. The van der Waals surface area contributed by atoms with Gasteiger partial charge in [-0.15, -0.1) is 0 Å². The van der Waals surface area contributed by atoms with Crippen LogP contribution in [0, 0.1) is 19.8 Å². The fraction of sp³-hybridized carbons (Fsp3) is 0.381. The first-order valence-electron chi connectivity index (χ1n) is 8.75. The van der Waals surface area contributed by atoms with E-state index in [1.54, 1.807) is 0 Å². The molecule has 4 heteroatoms. The smallest absolute Gasteiger partial charge is 0.306 e. The van der Waals surface area contributed by atoms with Crippen LogP contribution in [0.25, 0.3) is 0 Å². The first-order chi connectivity index (χ1) is 12.0. The number of piperidine rings is 1. The van der Waals surface area contributed by atoms with Crippen LogP contribution in [0.1, 0.15) is 41.1 Å². The molecule has 2 aromatic carbocycles. The predicted molar refractivity (Wildman–Crippen MR) is 101 cm³/mol. The zero-order chi connectivity index (χ0) is 18.0. The van der Waals surface area contributed by atoms with Gasteiger partial charge in [0.15, 0.2) is 0 Å². The van der Waals surface area contributed by atoms with Crippen molar-refractivity contribution < 1.29 is 9.90 Å². The van der Waals surface area contributed by atoms with Crippen molar-refractivity contribution in [2.45, 2.75) is 32.7 Å². The molecule has 3 nitrogen and oxygen atoms in total. The maximum Gasteiger partial charge on any atom is 0.306 e. The second-order valence-corrected chi connectivity index (χ2v) is 7.40. The third kappa shape index (κ3) is 4.05. The third-order valence-corrected chi connectivity index (χ3v) is 5.40. The topological polar surface area (TPSA) is 40.5 Å². The van der Waals surface area contributed by atoms with Crippen molar-refractivity contribution >= 4 is 17.6 Å². The zero-order valence-corrected chi connectivity index (χ0v) is 15.5. The molecule has 1 atom stereocenters. The number of aliphatic carboxylic acids is 1. The Morgan fingerprint density at radius 2 is 1.76 bits per heavy atom. The summed E-state index contributed by atoms with van der Waals surface area (Å²) >= 11 is 6.08. The fourth-order valence-electron chi connectivity index (χ4n) is 3.77. The van der Waals surface area contributed by atoms with Gasteiger partial charge < -0.3 is 5.11 Å². The van der Waals surface area contributed by atoms with Crippen LogP contribution < -0.4 is 0 Å². The molecule has 0 amide bonds. The van der Waals surface area contributed by atoms with Crippen molar-refractivity contribution in [3.05, 3.63) is 69.7 Å². The zero-order valence-electron chi connectivity index (χ0n) is 14.7. The minimum Gasteiger partial charge on any atom is -0.481 e. The summed E-state index contributed by atoms with van der Waals surface area (Å²) in [5.74, 6) is -0.893. The number of likely N-dealkylation sites (tertiary alicyclic amines) is 1. The molecule has 1 aliphatic heterocycles. The summed E-state index contributed by atoms with van der Waals surface area (Å²) in [6.45, 7) is 5.83. The maximum absolute atomic E-state index is 11.3. The second-order valence-electron chi connectivity index (χ2n) is 6.96. The van der Waals surface area contributed by atoms with E-state index >= 15 is 0 Å². The molecule has 1 fully saturated rings. The molecule has 25 heavy (non-hydrogen) atoms. The number of carbonyl (C=O) groups is 1. The summed E-state index contributed by atoms with van der Waals surface area (Å²) in [6.07, 6.45) is 1.40. The van der Waals surface area contributed by atoms with Crippen LogP contribution in [-0.2, 0) is 4.79 Å². The number of hydrogen-bond donors (Lipinski definition) is 1. The lowest BCUT2D eigenvalue weighted by atomic mass is 9.89. The number of carboxylic acid groups (broad SMARTS) is 1. The normalized spacial score (nSPS) is 17.4. The monoisotopic (exact) mass is 357 g/mol. The summed E-state index contributed by atoms with van der Waals surface area (Å²) in [4.78, 5) is 13.7. The Balaban J connectivity index is 1.95. The van der Waals surface area contributed by atoms with Gasteiger partial charge in [0.2, 0.25) is 0 Å². The van der Waals surface area contributed by atoms with Crippen LogP contribution in [0.5, 0.6) is 0 Å². The van der Waals surface area contributed by atoms with Gasteiger partial charge in [0.25, 0.3) is 0 Å². The highest BCUT2D eigenvalue weighted by Gasteiger charge is 2.30. The molecule has 0 spiro atoms. The average molecular weight is 358 g/mol. The van der Waals surface area contributed by atoms with Crippen LogP contribution in [0.4, 0.5) is 0 Å². The van der Waals surface area contributed by atoms with Crippen LogP contribution in [0.3, 0.4) is 0 Å². The van der Waals surface area contributed by atoms with E-state index in [9.17, 15) is 9.90 Å². The van der Waals surface area contributed by atoms with Gasteiger partial charge in [-0.25, -0.2) is 0 Å². The molecule has 0 saturated carbocycles. The van der Waals surface area contributed by atoms with Gasteiger partial charge in [-0.05, 0) is 68.6 Å². The van der Waals surface area contributed by atoms with Crippen LogP contribution in [0.15, 0.2) is 42.5 Å². The number of benzene rings is 2. The summed E-state index contributed by atoms with van der Waals surface area (Å²) in [6, 6.07) is 14.7. The van der Waals surface area contributed by atoms with Gasteiger partial charge in [0, 0.05) is 5.02 Å². The highest BCUT2D eigenvalue weighted by atomic mass is 35.5. The van der Waals surface area contributed by atoms with E-state index in [4.69, 9.17) is 11.6 Å². The molecule has 0 aliphatic carbocycles. The SMILES string of the molecule is Cc1ccc(C(c2ccc(Cl)cc2)N2CCC(C(=O)O)CC2)c(C)c1. The summed E-state index contributed by atoms with van der Waals surface area (Å²) in [5, 5.41) is 10.00. The quantitative estimate of drug-likeness (QED) is 0.850. The minimum absolute atomic E-state index is 0.132. The summed E-state index contributed by atoms with van der Waals surface area (Å²) in [5.41, 5.74) is 4.99. The van der Waals surface area contributed by atoms with Crippen molar-refractivity contribution in [1.82, 2.24) is 4.90 Å². The summed E-state index contributed by atoms with van der Waals surface area (Å²) < 4.78 is 0. The molecule has 0 aromatic heterocycles. The Labute approximate surface area is 154 Å². The molecule has 1 unspecified atom stereocenters. The highest BCUT2D eigenvalue weighted by Crippen LogP contribution is 2.34. The Morgan fingerprint density at radius 1 is 1.12 bits per heavy atom. The maximum atomic E-state index is 11.3. The van der Waals surface area contributed by atoms with E-state index in [1.807, 2.05) is 12.1 Å². The van der Waals surface area contributed by atoms with E-state index in [0.717, 1.165) is 18.1 Å². The van der Waals surface area contributed by atoms with E-state index in [2.05, 4.69) is 49.1 Å². The molecule has 3 rings (SSSR count). The number of nitrogens with zero attached hydrogens (tertiary/aromatic N) is 1. The molecule has 1 heterocycles. The molecule has 1 saturated heterocycles. The van der Waals surface area contributed by atoms with Gasteiger partial charge in [-0.3, -0.25) is 9.69 Å².